The van der Waals surface area contributed by atoms with Gasteiger partial charge in [0.15, 0.2) is 0 Å². The summed E-state index contributed by atoms with van der Waals surface area (Å²) < 4.78 is 0. The Morgan fingerprint density at radius 3 is 1.19 bits per heavy atom. The van der Waals surface area contributed by atoms with Gasteiger partial charge in [0.2, 0.25) is 6.71 Å². The maximum Gasteiger partial charge on any atom is 0.247 e. The standard InChI is InChI=1S/C79H68BN3/c1-54(2)64-50-72(55(3)4)79(73(51-64)56(5)6)80-74-48-40-62(59-36-44-69(45-37-59)81(65-26-13-8-14-27-65)68-42-34-58(35-43-68)57-22-11-7-12-23-57)52-77(74)83(67-30-17-10-18-31-67)78-53-63(41-49-75(78)80)60-38-46-70(47-39-60)82(66-28-15-9-16-29-66)76-33-21-25-61-24-19-20-32-71(61)76/h7-56H,1-6H3. The van der Waals surface area contributed by atoms with Crippen LogP contribution in [0.15, 0.2) is 285 Å². The van der Waals surface area contributed by atoms with Crippen LogP contribution in [0, 0.1) is 0 Å². The summed E-state index contributed by atoms with van der Waals surface area (Å²) in [5.41, 5.74) is 25.6. The third kappa shape index (κ3) is 10.2. The summed E-state index contributed by atoms with van der Waals surface area (Å²) in [7, 11) is 0. The summed E-state index contributed by atoms with van der Waals surface area (Å²) in [5, 5.41) is 2.43. The molecule has 12 aromatic rings. The molecule has 12 aromatic carbocycles. The van der Waals surface area contributed by atoms with Crippen LogP contribution < -0.4 is 31.1 Å². The van der Waals surface area contributed by atoms with Crippen molar-refractivity contribution < 1.29 is 0 Å². The van der Waals surface area contributed by atoms with Gasteiger partial charge in [-0.25, -0.2) is 0 Å². The van der Waals surface area contributed by atoms with Crippen molar-refractivity contribution in [3.05, 3.63) is 302 Å². The molecule has 1 aliphatic heterocycles. The normalized spacial score (nSPS) is 12.0. The fourth-order valence-corrected chi connectivity index (χ4v) is 12.6. The lowest BCUT2D eigenvalue weighted by Gasteiger charge is -2.39. The molecule has 0 aliphatic carbocycles. The predicted molar refractivity (Wildman–Crippen MR) is 358 cm³/mol. The van der Waals surface area contributed by atoms with E-state index in [0.717, 1.165) is 50.9 Å². The summed E-state index contributed by atoms with van der Waals surface area (Å²) >= 11 is 0. The minimum atomic E-state index is -0.0170. The molecule has 1 aliphatic rings. The molecule has 0 bridgehead atoms. The van der Waals surface area contributed by atoms with Crippen LogP contribution in [0.3, 0.4) is 0 Å². The monoisotopic (exact) mass is 1070 g/mol. The molecule has 0 N–H and O–H groups in total. The third-order valence-electron chi connectivity index (χ3n) is 16.8. The van der Waals surface area contributed by atoms with Crippen LogP contribution in [-0.4, -0.2) is 6.71 Å². The summed E-state index contributed by atoms with van der Waals surface area (Å²) in [6, 6.07) is 105. The summed E-state index contributed by atoms with van der Waals surface area (Å²) in [6.07, 6.45) is 0. The number of anilines is 9. The van der Waals surface area contributed by atoms with Crippen molar-refractivity contribution in [1.82, 2.24) is 0 Å². The minimum Gasteiger partial charge on any atom is -0.311 e. The molecule has 0 saturated heterocycles. The fourth-order valence-electron chi connectivity index (χ4n) is 12.6. The maximum absolute atomic E-state index is 2.54. The van der Waals surface area contributed by atoms with Gasteiger partial charge in [0.1, 0.15) is 0 Å². The molecular formula is C79H68BN3. The van der Waals surface area contributed by atoms with E-state index in [4.69, 9.17) is 0 Å². The Balaban J connectivity index is 0.955. The number of benzene rings is 12. The van der Waals surface area contributed by atoms with E-state index in [1.54, 1.807) is 0 Å². The van der Waals surface area contributed by atoms with E-state index < -0.39 is 0 Å². The molecular weight excluding hydrogens is 1000 g/mol. The number of rotatable bonds is 14. The van der Waals surface area contributed by atoms with E-state index in [2.05, 4.69) is 341 Å². The van der Waals surface area contributed by atoms with E-state index in [1.165, 1.54) is 77.5 Å². The second kappa shape index (κ2) is 22.7. The largest absolute Gasteiger partial charge is 0.311 e. The van der Waals surface area contributed by atoms with Gasteiger partial charge in [-0.2, -0.15) is 0 Å². The summed E-state index contributed by atoms with van der Waals surface area (Å²) in [5.74, 6) is 1.04. The van der Waals surface area contributed by atoms with Gasteiger partial charge in [0, 0.05) is 50.9 Å². The molecule has 3 nitrogen and oxygen atoms in total. The second-order valence-electron chi connectivity index (χ2n) is 23.1. The zero-order chi connectivity index (χ0) is 56.6. The van der Waals surface area contributed by atoms with Crippen molar-refractivity contribution in [3.63, 3.8) is 0 Å². The Morgan fingerprint density at radius 2 is 0.699 bits per heavy atom. The van der Waals surface area contributed by atoms with E-state index >= 15 is 0 Å². The van der Waals surface area contributed by atoms with Crippen LogP contribution in [0.1, 0.15) is 76.0 Å². The quantitative estimate of drug-likeness (QED) is 0.101. The Bertz CT molecular complexity index is 4180. The molecule has 0 saturated carbocycles. The van der Waals surface area contributed by atoms with Crippen molar-refractivity contribution in [2.24, 2.45) is 0 Å². The first kappa shape index (κ1) is 52.7. The lowest BCUT2D eigenvalue weighted by atomic mass is 9.33. The highest BCUT2D eigenvalue weighted by Gasteiger charge is 2.39. The zero-order valence-corrected chi connectivity index (χ0v) is 48.3. The van der Waals surface area contributed by atoms with E-state index in [1.807, 2.05) is 0 Å². The number of nitrogens with zero attached hydrogens (tertiary/aromatic N) is 3. The highest BCUT2D eigenvalue weighted by Crippen LogP contribution is 2.44. The molecule has 0 aromatic heterocycles. The zero-order valence-electron chi connectivity index (χ0n) is 48.3. The molecule has 0 amide bonds. The first-order valence-electron chi connectivity index (χ1n) is 29.5. The Labute approximate surface area is 491 Å². The molecule has 4 heteroatoms. The van der Waals surface area contributed by atoms with Crippen molar-refractivity contribution in [3.8, 4) is 33.4 Å². The van der Waals surface area contributed by atoms with Crippen molar-refractivity contribution in [2.45, 2.75) is 59.3 Å². The molecule has 0 fully saturated rings. The molecule has 0 radical (unpaired) electrons. The van der Waals surface area contributed by atoms with E-state index in [0.29, 0.717) is 17.8 Å². The number of para-hydroxylation sites is 3. The van der Waals surface area contributed by atoms with Gasteiger partial charge in [0.25, 0.3) is 0 Å². The van der Waals surface area contributed by atoms with Gasteiger partial charge < -0.3 is 14.7 Å². The lowest BCUT2D eigenvalue weighted by Crippen LogP contribution is -2.59. The number of fused-ring (bicyclic) bond motifs is 3. The maximum atomic E-state index is 2.54. The first-order chi connectivity index (χ1) is 40.7. The molecule has 0 atom stereocenters. The van der Waals surface area contributed by atoms with E-state index in [-0.39, 0.29) is 6.71 Å². The van der Waals surface area contributed by atoms with Gasteiger partial charge >= 0.3 is 0 Å². The minimum absolute atomic E-state index is 0.0170. The van der Waals surface area contributed by atoms with Crippen LogP contribution in [0.5, 0.6) is 0 Å². The van der Waals surface area contributed by atoms with Crippen molar-refractivity contribution in [2.75, 3.05) is 14.7 Å². The third-order valence-corrected chi connectivity index (χ3v) is 16.8. The Morgan fingerprint density at radius 1 is 0.313 bits per heavy atom. The van der Waals surface area contributed by atoms with E-state index in [9.17, 15) is 0 Å². The van der Waals surface area contributed by atoms with Crippen LogP contribution in [0.2, 0.25) is 0 Å². The summed E-state index contributed by atoms with van der Waals surface area (Å²) in [6.45, 7) is 14.2. The smallest absolute Gasteiger partial charge is 0.247 e. The molecule has 1 heterocycles. The molecule has 13 rings (SSSR count). The van der Waals surface area contributed by atoms with Gasteiger partial charge in [-0.15, -0.1) is 0 Å². The lowest BCUT2D eigenvalue weighted by molar-refractivity contribution is 0.812. The SMILES string of the molecule is CC(C)c1cc(C(C)C)c(B2c3ccc(-c4ccc(N(c5ccccc5)c5ccc(-c6ccccc6)cc5)cc4)cc3N(c3ccccc3)c3cc(-c4ccc(N(c5ccccc5)c5cccc6ccccc56)cc4)ccc32)c(C(C)C)c1. The second-order valence-corrected chi connectivity index (χ2v) is 23.1. The number of hydrogen-bond donors (Lipinski definition) is 0. The van der Waals surface area contributed by atoms with Crippen molar-refractivity contribution >= 4 is 85.1 Å². The summed E-state index contributed by atoms with van der Waals surface area (Å²) in [4.78, 5) is 7.27. The highest BCUT2D eigenvalue weighted by atomic mass is 15.2. The first-order valence-corrected chi connectivity index (χ1v) is 29.5. The van der Waals surface area contributed by atoms with Crippen LogP contribution >= 0.6 is 0 Å². The average molecular weight is 1070 g/mol. The van der Waals surface area contributed by atoms with Crippen LogP contribution in [-0.2, 0) is 0 Å². The molecule has 83 heavy (non-hydrogen) atoms. The Kier molecular flexibility index (Phi) is 14.4. The highest BCUT2D eigenvalue weighted by molar-refractivity contribution is 6.98. The average Bonchev–Trinajstić information content (AvgIpc) is 1.82. The predicted octanol–water partition coefficient (Wildman–Crippen LogP) is 20.5. The molecule has 402 valence electrons. The van der Waals surface area contributed by atoms with Gasteiger partial charge in [-0.1, -0.05) is 241 Å². The van der Waals surface area contributed by atoms with Crippen LogP contribution in [0.25, 0.3) is 44.2 Å². The van der Waals surface area contributed by atoms with Gasteiger partial charge in [-0.05, 0) is 175 Å². The fraction of sp³-hybridized carbons (Fsp3) is 0.114. The van der Waals surface area contributed by atoms with Crippen molar-refractivity contribution in [1.29, 1.82) is 0 Å². The van der Waals surface area contributed by atoms with Gasteiger partial charge in [0.05, 0.1) is 5.69 Å². The number of hydrogen-bond acceptors (Lipinski definition) is 3. The van der Waals surface area contributed by atoms with Gasteiger partial charge in [-0.3, -0.25) is 0 Å². The molecule has 0 spiro atoms. The van der Waals surface area contributed by atoms with Crippen LogP contribution in [0.4, 0.5) is 51.2 Å². The Hall–Kier alpha value is -9.64. The molecule has 0 unspecified atom stereocenters. The topological polar surface area (TPSA) is 9.72 Å².